The summed E-state index contributed by atoms with van der Waals surface area (Å²) in [5, 5.41) is 11.1. The highest BCUT2D eigenvalue weighted by atomic mass is 35.5. The number of aliphatic hydroxyl groups is 1. The Morgan fingerprint density at radius 1 is 1.35 bits per heavy atom. The molecule has 0 bridgehead atoms. The van der Waals surface area contributed by atoms with E-state index in [1.54, 1.807) is 0 Å². The van der Waals surface area contributed by atoms with Gasteiger partial charge in [-0.2, -0.15) is 0 Å². The Morgan fingerprint density at radius 2 is 2.15 bits per heavy atom. The van der Waals surface area contributed by atoms with E-state index in [0.717, 1.165) is 30.0 Å². The number of hydrogen-bond donors (Lipinski definition) is 1. The fourth-order valence-corrected chi connectivity index (χ4v) is 3.38. The molecule has 0 fully saturated rings. The standard InChI is InChI=1S/C17H20ClNO/c1-17(2)9-15-14(16(20)10-17)6-7-19(15)11-12-4-3-5-13(18)8-12/h3-8,16,20H,9-11H2,1-2H3. The molecule has 106 valence electrons. The van der Waals surface area contributed by atoms with Gasteiger partial charge in [0.1, 0.15) is 0 Å². The first kappa shape index (κ1) is 13.7. The van der Waals surface area contributed by atoms with E-state index in [9.17, 15) is 5.11 Å². The van der Waals surface area contributed by atoms with Crippen LogP contribution in [0.2, 0.25) is 5.02 Å². The molecule has 3 rings (SSSR count). The zero-order valence-electron chi connectivity index (χ0n) is 11.9. The smallest absolute Gasteiger partial charge is 0.0812 e. The molecule has 2 aromatic rings. The molecule has 2 nitrogen and oxygen atoms in total. The first-order valence-electron chi connectivity index (χ1n) is 7.05. The average molecular weight is 290 g/mol. The molecule has 1 aliphatic rings. The molecule has 1 aromatic carbocycles. The molecule has 0 saturated heterocycles. The van der Waals surface area contributed by atoms with Crippen molar-refractivity contribution in [3.63, 3.8) is 0 Å². The van der Waals surface area contributed by atoms with Crippen molar-refractivity contribution in [2.75, 3.05) is 0 Å². The third-order valence-corrected chi connectivity index (χ3v) is 4.34. The van der Waals surface area contributed by atoms with Gasteiger partial charge < -0.3 is 9.67 Å². The van der Waals surface area contributed by atoms with Gasteiger partial charge in [0.15, 0.2) is 0 Å². The predicted molar refractivity (Wildman–Crippen MR) is 82.0 cm³/mol. The number of aromatic nitrogens is 1. The summed E-state index contributed by atoms with van der Waals surface area (Å²) in [7, 11) is 0. The van der Waals surface area contributed by atoms with Gasteiger partial charge in [-0.3, -0.25) is 0 Å². The summed E-state index contributed by atoms with van der Waals surface area (Å²) in [5.74, 6) is 0. The second-order valence-corrected chi connectivity index (χ2v) is 6.97. The molecule has 1 aromatic heterocycles. The van der Waals surface area contributed by atoms with Gasteiger partial charge in [-0.15, -0.1) is 0 Å². The Morgan fingerprint density at radius 3 is 2.90 bits per heavy atom. The molecule has 1 atom stereocenters. The van der Waals surface area contributed by atoms with E-state index in [-0.39, 0.29) is 11.5 Å². The SMILES string of the molecule is CC1(C)Cc2c(ccn2Cc2cccc(Cl)c2)C(O)C1. The van der Waals surface area contributed by atoms with Crippen molar-refractivity contribution in [2.45, 2.75) is 39.3 Å². The molecule has 20 heavy (non-hydrogen) atoms. The van der Waals surface area contributed by atoms with Crippen LogP contribution in [0, 0.1) is 5.41 Å². The van der Waals surface area contributed by atoms with E-state index < -0.39 is 0 Å². The van der Waals surface area contributed by atoms with Crippen molar-refractivity contribution in [1.29, 1.82) is 0 Å². The number of nitrogens with zero attached hydrogens (tertiary/aromatic N) is 1. The number of fused-ring (bicyclic) bond motifs is 1. The number of benzene rings is 1. The first-order valence-corrected chi connectivity index (χ1v) is 7.43. The Kier molecular flexibility index (Phi) is 3.39. The lowest BCUT2D eigenvalue weighted by Gasteiger charge is -2.34. The molecular weight excluding hydrogens is 270 g/mol. The maximum atomic E-state index is 10.3. The molecular formula is C17H20ClNO. The lowest BCUT2D eigenvalue weighted by molar-refractivity contribution is 0.0981. The van der Waals surface area contributed by atoms with Crippen LogP contribution < -0.4 is 0 Å². The minimum Gasteiger partial charge on any atom is -0.388 e. The van der Waals surface area contributed by atoms with Crippen LogP contribution in [0.25, 0.3) is 0 Å². The maximum absolute atomic E-state index is 10.3. The second-order valence-electron chi connectivity index (χ2n) is 6.54. The minimum atomic E-state index is -0.339. The summed E-state index contributed by atoms with van der Waals surface area (Å²) >= 11 is 6.05. The van der Waals surface area contributed by atoms with Crippen LogP contribution in [0.15, 0.2) is 36.5 Å². The number of halogens is 1. The number of rotatable bonds is 2. The van der Waals surface area contributed by atoms with Crippen molar-refractivity contribution >= 4 is 11.6 Å². The number of aliphatic hydroxyl groups excluding tert-OH is 1. The molecule has 0 amide bonds. The third-order valence-electron chi connectivity index (χ3n) is 4.11. The zero-order valence-corrected chi connectivity index (χ0v) is 12.7. The quantitative estimate of drug-likeness (QED) is 0.881. The van der Waals surface area contributed by atoms with Crippen LogP contribution in [0.1, 0.15) is 43.2 Å². The third kappa shape index (κ3) is 2.63. The summed E-state index contributed by atoms with van der Waals surface area (Å²) in [6, 6.07) is 10.0. The van der Waals surface area contributed by atoms with E-state index in [1.165, 1.54) is 11.3 Å². The molecule has 0 saturated carbocycles. The van der Waals surface area contributed by atoms with E-state index in [1.807, 2.05) is 18.2 Å². The largest absolute Gasteiger partial charge is 0.388 e. The average Bonchev–Trinajstić information content (AvgIpc) is 2.71. The molecule has 0 aliphatic heterocycles. The van der Waals surface area contributed by atoms with Crippen LogP contribution in [0.5, 0.6) is 0 Å². The fourth-order valence-electron chi connectivity index (χ4n) is 3.17. The molecule has 3 heteroatoms. The van der Waals surface area contributed by atoms with Gasteiger partial charge in [-0.25, -0.2) is 0 Å². The van der Waals surface area contributed by atoms with E-state index in [4.69, 9.17) is 11.6 Å². The number of hydrogen-bond acceptors (Lipinski definition) is 1. The van der Waals surface area contributed by atoms with Gasteiger partial charge >= 0.3 is 0 Å². The Hall–Kier alpha value is -1.25. The predicted octanol–water partition coefficient (Wildman–Crippen LogP) is 4.20. The lowest BCUT2D eigenvalue weighted by atomic mass is 9.75. The van der Waals surface area contributed by atoms with E-state index >= 15 is 0 Å². The van der Waals surface area contributed by atoms with Gasteiger partial charge in [0.25, 0.3) is 0 Å². The molecule has 1 N–H and O–H groups in total. The van der Waals surface area contributed by atoms with E-state index in [0.29, 0.717) is 0 Å². The van der Waals surface area contributed by atoms with Gasteiger partial charge in [0, 0.05) is 29.0 Å². The highest BCUT2D eigenvalue weighted by Gasteiger charge is 2.33. The molecule has 0 spiro atoms. The molecule has 1 aliphatic carbocycles. The van der Waals surface area contributed by atoms with Crippen LogP contribution in [0.4, 0.5) is 0 Å². The Balaban J connectivity index is 1.93. The monoisotopic (exact) mass is 289 g/mol. The summed E-state index contributed by atoms with van der Waals surface area (Å²) in [6.45, 7) is 5.24. The first-order chi connectivity index (χ1) is 9.44. The van der Waals surface area contributed by atoms with Crippen LogP contribution in [-0.2, 0) is 13.0 Å². The Labute approximate surface area is 125 Å². The van der Waals surface area contributed by atoms with Gasteiger partial charge in [-0.1, -0.05) is 37.6 Å². The van der Waals surface area contributed by atoms with Crippen molar-refractivity contribution in [1.82, 2.24) is 4.57 Å². The van der Waals surface area contributed by atoms with Gasteiger partial charge in [0.2, 0.25) is 0 Å². The molecule has 0 radical (unpaired) electrons. The fraction of sp³-hybridized carbons (Fsp3) is 0.412. The highest BCUT2D eigenvalue weighted by Crippen LogP contribution is 2.41. The summed E-state index contributed by atoms with van der Waals surface area (Å²) < 4.78 is 2.24. The summed E-state index contributed by atoms with van der Waals surface area (Å²) in [5.41, 5.74) is 3.69. The van der Waals surface area contributed by atoms with Crippen LogP contribution in [0.3, 0.4) is 0 Å². The maximum Gasteiger partial charge on any atom is 0.0812 e. The van der Waals surface area contributed by atoms with Crippen LogP contribution in [-0.4, -0.2) is 9.67 Å². The molecule has 1 unspecified atom stereocenters. The van der Waals surface area contributed by atoms with E-state index in [2.05, 4.69) is 36.7 Å². The van der Waals surface area contributed by atoms with Crippen molar-refractivity contribution in [3.8, 4) is 0 Å². The zero-order chi connectivity index (χ0) is 14.3. The highest BCUT2D eigenvalue weighted by molar-refractivity contribution is 6.30. The topological polar surface area (TPSA) is 25.2 Å². The van der Waals surface area contributed by atoms with Gasteiger partial charge in [-0.05, 0) is 42.0 Å². The Bertz CT molecular complexity index is 630. The minimum absolute atomic E-state index is 0.150. The van der Waals surface area contributed by atoms with Crippen LogP contribution >= 0.6 is 11.6 Å². The summed E-state index contributed by atoms with van der Waals surface area (Å²) in [4.78, 5) is 0. The van der Waals surface area contributed by atoms with Crippen molar-refractivity contribution in [2.24, 2.45) is 5.41 Å². The van der Waals surface area contributed by atoms with Gasteiger partial charge in [0.05, 0.1) is 6.10 Å². The summed E-state index contributed by atoms with van der Waals surface area (Å²) in [6.07, 6.45) is 3.58. The van der Waals surface area contributed by atoms with Crippen molar-refractivity contribution in [3.05, 3.63) is 58.4 Å². The normalized spacial score (nSPS) is 20.7. The van der Waals surface area contributed by atoms with Crippen molar-refractivity contribution < 1.29 is 5.11 Å². The second kappa shape index (κ2) is 4.94. The molecule has 1 heterocycles. The lowest BCUT2D eigenvalue weighted by Crippen LogP contribution is -2.26.